The van der Waals surface area contributed by atoms with Crippen molar-refractivity contribution in [3.05, 3.63) is 12.2 Å². The van der Waals surface area contributed by atoms with Gasteiger partial charge < -0.3 is 4.74 Å². The van der Waals surface area contributed by atoms with Crippen LogP contribution in [0.25, 0.3) is 0 Å². The number of nitrogens with zero attached hydrogens (tertiary/aromatic N) is 1. The molecule has 0 bridgehead atoms. The first-order valence-corrected chi connectivity index (χ1v) is 5.30. The van der Waals surface area contributed by atoms with E-state index in [-0.39, 0.29) is 30.1 Å². The van der Waals surface area contributed by atoms with E-state index >= 15 is 0 Å². The summed E-state index contributed by atoms with van der Waals surface area (Å²) in [5.41, 5.74) is 0.295. The summed E-state index contributed by atoms with van der Waals surface area (Å²) in [6.45, 7) is 5.07. The van der Waals surface area contributed by atoms with Gasteiger partial charge in [0.2, 0.25) is 5.91 Å². The highest BCUT2D eigenvalue weighted by Crippen LogP contribution is 2.17. The van der Waals surface area contributed by atoms with Crippen molar-refractivity contribution in [2.45, 2.75) is 6.92 Å². The van der Waals surface area contributed by atoms with Gasteiger partial charge in [-0.3, -0.25) is 14.5 Å². The maximum Gasteiger partial charge on any atom is 0.333 e. The van der Waals surface area contributed by atoms with Crippen LogP contribution in [-0.4, -0.2) is 40.9 Å². The van der Waals surface area contributed by atoms with E-state index in [9.17, 15) is 14.4 Å². The third kappa shape index (κ3) is 3.09. The second-order valence-electron chi connectivity index (χ2n) is 3.02. The lowest BCUT2D eigenvalue weighted by Gasteiger charge is -2.12. The van der Waals surface area contributed by atoms with Crippen molar-refractivity contribution in [3.8, 4) is 0 Å². The SMILES string of the molecule is C=C(C)C(=O)OCCN1C(=O)CSC1=O. The van der Waals surface area contributed by atoms with E-state index in [2.05, 4.69) is 6.58 Å². The van der Waals surface area contributed by atoms with Crippen LogP contribution >= 0.6 is 11.8 Å². The Morgan fingerprint density at radius 1 is 1.60 bits per heavy atom. The first-order chi connectivity index (χ1) is 7.02. The monoisotopic (exact) mass is 229 g/mol. The van der Waals surface area contributed by atoms with Crippen molar-refractivity contribution in [1.82, 2.24) is 4.90 Å². The summed E-state index contributed by atoms with van der Waals surface area (Å²) < 4.78 is 4.77. The van der Waals surface area contributed by atoms with E-state index < -0.39 is 5.97 Å². The quantitative estimate of drug-likeness (QED) is 0.527. The molecule has 1 aliphatic rings. The number of carbonyl (C=O) groups excluding carboxylic acids is 3. The zero-order valence-electron chi connectivity index (χ0n) is 8.32. The van der Waals surface area contributed by atoms with Gasteiger partial charge in [0.15, 0.2) is 0 Å². The molecule has 1 aliphatic heterocycles. The summed E-state index contributed by atoms with van der Waals surface area (Å²) in [5, 5.41) is -0.286. The molecule has 0 aliphatic carbocycles. The Kier molecular flexibility index (Phi) is 3.90. The molecule has 0 spiro atoms. The molecule has 6 heteroatoms. The average Bonchev–Trinajstić information content (AvgIpc) is 2.48. The van der Waals surface area contributed by atoms with Crippen LogP contribution in [0, 0.1) is 0 Å². The predicted octanol–water partition coefficient (Wildman–Crippen LogP) is 0.801. The summed E-state index contributed by atoms with van der Waals surface area (Å²) >= 11 is 0.958. The number of carbonyl (C=O) groups is 3. The molecule has 1 rings (SSSR count). The number of amides is 2. The minimum atomic E-state index is -0.512. The van der Waals surface area contributed by atoms with Crippen LogP contribution in [0.15, 0.2) is 12.2 Å². The van der Waals surface area contributed by atoms with Crippen molar-refractivity contribution in [3.63, 3.8) is 0 Å². The Morgan fingerprint density at radius 3 is 2.73 bits per heavy atom. The summed E-state index contributed by atoms with van der Waals surface area (Å²) in [6, 6.07) is 0. The molecule has 0 atom stereocenters. The lowest BCUT2D eigenvalue weighted by molar-refractivity contribution is -0.140. The van der Waals surface area contributed by atoms with Crippen LogP contribution in [0.3, 0.4) is 0 Å². The Bertz CT molecular complexity index is 310. The predicted molar refractivity (Wildman–Crippen MR) is 55.3 cm³/mol. The Hall–Kier alpha value is -1.30. The van der Waals surface area contributed by atoms with E-state index in [1.807, 2.05) is 0 Å². The van der Waals surface area contributed by atoms with Gasteiger partial charge in [0.05, 0.1) is 12.3 Å². The molecular formula is C9H11NO4S. The second kappa shape index (κ2) is 4.97. The fraction of sp³-hybridized carbons (Fsp3) is 0.444. The highest BCUT2D eigenvalue weighted by atomic mass is 32.2. The molecule has 0 unspecified atom stereocenters. The van der Waals surface area contributed by atoms with Gasteiger partial charge in [-0.05, 0) is 6.92 Å². The van der Waals surface area contributed by atoms with Crippen molar-refractivity contribution in [2.75, 3.05) is 18.9 Å². The van der Waals surface area contributed by atoms with E-state index in [0.29, 0.717) is 5.57 Å². The van der Waals surface area contributed by atoms with Gasteiger partial charge >= 0.3 is 5.97 Å². The van der Waals surface area contributed by atoms with Crippen molar-refractivity contribution in [1.29, 1.82) is 0 Å². The normalized spacial score (nSPS) is 15.7. The summed E-state index contributed by atoms with van der Waals surface area (Å²) in [4.78, 5) is 34.3. The van der Waals surface area contributed by atoms with E-state index in [0.717, 1.165) is 16.7 Å². The van der Waals surface area contributed by atoms with Gasteiger partial charge in [-0.25, -0.2) is 4.79 Å². The number of thioether (sulfide) groups is 1. The molecule has 0 radical (unpaired) electrons. The minimum absolute atomic E-state index is 0.0176. The zero-order chi connectivity index (χ0) is 11.4. The first-order valence-electron chi connectivity index (χ1n) is 4.32. The van der Waals surface area contributed by atoms with Crippen LogP contribution in [-0.2, 0) is 14.3 Å². The summed E-state index contributed by atoms with van der Waals surface area (Å²) in [6.07, 6.45) is 0. The molecule has 0 N–H and O–H groups in total. The van der Waals surface area contributed by atoms with Crippen LogP contribution in [0.2, 0.25) is 0 Å². The topological polar surface area (TPSA) is 63.7 Å². The van der Waals surface area contributed by atoms with E-state index in [4.69, 9.17) is 4.74 Å². The number of ether oxygens (including phenoxy) is 1. The van der Waals surface area contributed by atoms with Gasteiger partial charge in [-0.15, -0.1) is 0 Å². The van der Waals surface area contributed by atoms with Crippen LogP contribution in [0.4, 0.5) is 4.79 Å². The highest BCUT2D eigenvalue weighted by molar-refractivity contribution is 8.14. The molecule has 0 aromatic rings. The molecule has 1 fully saturated rings. The number of hydrogen-bond donors (Lipinski definition) is 0. The maximum atomic E-state index is 11.1. The average molecular weight is 229 g/mol. The van der Waals surface area contributed by atoms with Gasteiger partial charge in [0, 0.05) is 5.57 Å². The lowest BCUT2D eigenvalue weighted by Crippen LogP contribution is -2.32. The fourth-order valence-electron chi connectivity index (χ4n) is 0.950. The summed E-state index contributed by atoms with van der Waals surface area (Å²) in [7, 11) is 0. The molecule has 82 valence electrons. The van der Waals surface area contributed by atoms with Gasteiger partial charge in [-0.1, -0.05) is 18.3 Å². The van der Waals surface area contributed by atoms with Gasteiger partial charge in [0.1, 0.15) is 6.61 Å². The van der Waals surface area contributed by atoms with E-state index in [1.54, 1.807) is 0 Å². The standard InChI is InChI=1S/C9H11NO4S/c1-6(2)8(12)14-4-3-10-7(11)5-15-9(10)13/h1,3-5H2,2H3. The van der Waals surface area contributed by atoms with Crippen molar-refractivity contribution >= 4 is 28.9 Å². The highest BCUT2D eigenvalue weighted by Gasteiger charge is 2.29. The number of rotatable bonds is 4. The largest absolute Gasteiger partial charge is 0.460 e. The minimum Gasteiger partial charge on any atom is -0.460 e. The first kappa shape index (κ1) is 11.8. The maximum absolute atomic E-state index is 11.1. The Labute approximate surface area is 91.4 Å². The molecule has 15 heavy (non-hydrogen) atoms. The van der Waals surface area contributed by atoms with Crippen LogP contribution in [0.1, 0.15) is 6.92 Å². The van der Waals surface area contributed by atoms with Crippen LogP contribution < -0.4 is 0 Å². The van der Waals surface area contributed by atoms with E-state index in [1.165, 1.54) is 6.92 Å². The fourth-order valence-corrected chi connectivity index (χ4v) is 1.70. The molecule has 0 aromatic heterocycles. The third-order valence-corrected chi connectivity index (χ3v) is 2.60. The van der Waals surface area contributed by atoms with Gasteiger partial charge in [-0.2, -0.15) is 0 Å². The third-order valence-electron chi connectivity index (χ3n) is 1.74. The molecular weight excluding hydrogens is 218 g/mol. The smallest absolute Gasteiger partial charge is 0.333 e. The zero-order valence-corrected chi connectivity index (χ0v) is 9.13. The molecule has 0 saturated carbocycles. The number of imide groups is 1. The van der Waals surface area contributed by atoms with Gasteiger partial charge in [0.25, 0.3) is 5.24 Å². The second-order valence-corrected chi connectivity index (χ2v) is 3.94. The Morgan fingerprint density at radius 2 is 2.27 bits per heavy atom. The van der Waals surface area contributed by atoms with Crippen molar-refractivity contribution < 1.29 is 19.1 Å². The van der Waals surface area contributed by atoms with Crippen LogP contribution in [0.5, 0.6) is 0 Å². The molecule has 1 saturated heterocycles. The molecule has 1 heterocycles. The molecule has 2 amide bonds. The lowest BCUT2D eigenvalue weighted by atomic mass is 10.4. The number of esters is 1. The summed E-state index contributed by atoms with van der Waals surface area (Å²) in [5.74, 6) is -0.578. The van der Waals surface area contributed by atoms with Crippen molar-refractivity contribution in [2.24, 2.45) is 0 Å². The molecule has 5 nitrogen and oxygen atoms in total. The number of hydrogen-bond acceptors (Lipinski definition) is 5. The molecule has 0 aromatic carbocycles. The Balaban J connectivity index is 2.31.